The zero-order valence-electron chi connectivity index (χ0n) is 10.6. The standard InChI is InChI=1S/C14H18N2OS/c1-2-18-14-7-3-6-13(12(14)9-15)16-8-4-5-11(17)10-16/h3,6-7,11,17H,2,4-5,8,10H2,1H3. The van der Waals surface area contributed by atoms with Gasteiger partial charge < -0.3 is 10.0 Å². The van der Waals surface area contributed by atoms with Gasteiger partial charge in [0.2, 0.25) is 0 Å². The molecule has 1 aliphatic heterocycles. The molecule has 0 radical (unpaired) electrons. The van der Waals surface area contributed by atoms with Gasteiger partial charge in [0.1, 0.15) is 6.07 Å². The van der Waals surface area contributed by atoms with Gasteiger partial charge in [-0.15, -0.1) is 11.8 Å². The molecule has 18 heavy (non-hydrogen) atoms. The highest BCUT2D eigenvalue weighted by Crippen LogP contribution is 2.31. The largest absolute Gasteiger partial charge is 0.391 e. The lowest BCUT2D eigenvalue weighted by Crippen LogP contribution is -2.38. The molecule has 1 aliphatic rings. The van der Waals surface area contributed by atoms with Crippen molar-refractivity contribution in [2.24, 2.45) is 0 Å². The Balaban J connectivity index is 2.32. The smallest absolute Gasteiger partial charge is 0.103 e. The summed E-state index contributed by atoms with van der Waals surface area (Å²) in [6.45, 7) is 3.64. The highest BCUT2D eigenvalue weighted by molar-refractivity contribution is 7.99. The van der Waals surface area contributed by atoms with Gasteiger partial charge in [-0.05, 0) is 30.7 Å². The summed E-state index contributed by atoms with van der Waals surface area (Å²) >= 11 is 1.69. The van der Waals surface area contributed by atoms with Crippen LogP contribution in [-0.4, -0.2) is 30.1 Å². The lowest BCUT2D eigenvalue weighted by atomic mass is 10.1. The van der Waals surface area contributed by atoms with Crippen LogP contribution in [0.15, 0.2) is 23.1 Å². The second kappa shape index (κ2) is 6.12. The number of piperidine rings is 1. The molecular formula is C14H18N2OS. The SMILES string of the molecule is CCSc1cccc(N2CCCC(O)C2)c1C#N. The van der Waals surface area contributed by atoms with E-state index in [1.54, 1.807) is 11.8 Å². The number of hydrogen-bond acceptors (Lipinski definition) is 4. The summed E-state index contributed by atoms with van der Waals surface area (Å²) in [6.07, 6.45) is 1.58. The summed E-state index contributed by atoms with van der Waals surface area (Å²) in [6, 6.07) is 8.29. The molecule has 1 heterocycles. The number of rotatable bonds is 3. The average Bonchev–Trinajstić information content (AvgIpc) is 2.39. The molecule has 1 fully saturated rings. The number of β-amino-alcohol motifs (C(OH)–C–C–N with tert-alkyl or cyclic N) is 1. The minimum atomic E-state index is -0.271. The molecule has 2 rings (SSSR count). The molecule has 3 nitrogen and oxygen atoms in total. The van der Waals surface area contributed by atoms with Gasteiger partial charge in [-0.3, -0.25) is 0 Å². The number of aliphatic hydroxyl groups is 1. The van der Waals surface area contributed by atoms with Gasteiger partial charge in [0.15, 0.2) is 0 Å². The number of benzene rings is 1. The Hall–Kier alpha value is -1.18. The fraction of sp³-hybridized carbons (Fsp3) is 0.500. The van der Waals surface area contributed by atoms with Crippen LogP contribution in [0.3, 0.4) is 0 Å². The normalized spacial score (nSPS) is 19.6. The van der Waals surface area contributed by atoms with Crippen LogP contribution in [0.2, 0.25) is 0 Å². The molecule has 96 valence electrons. The van der Waals surface area contributed by atoms with E-state index in [2.05, 4.69) is 17.9 Å². The van der Waals surface area contributed by atoms with E-state index < -0.39 is 0 Å². The lowest BCUT2D eigenvalue weighted by molar-refractivity contribution is 0.154. The van der Waals surface area contributed by atoms with Crippen molar-refractivity contribution < 1.29 is 5.11 Å². The molecule has 4 heteroatoms. The van der Waals surface area contributed by atoms with Gasteiger partial charge in [-0.2, -0.15) is 5.26 Å². The van der Waals surface area contributed by atoms with E-state index in [1.807, 2.05) is 18.2 Å². The molecule has 1 N–H and O–H groups in total. The van der Waals surface area contributed by atoms with E-state index in [0.29, 0.717) is 6.54 Å². The first-order valence-corrected chi connectivity index (χ1v) is 7.33. The number of hydrogen-bond donors (Lipinski definition) is 1. The van der Waals surface area contributed by atoms with Crippen molar-refractivity contribution in [2.75, 3.05) is 23.7 Å². The first kappa shape index (κ1) is 13.3. The van der Waals surface area contributed by atoms with Crippen molar-refractivity contribution >= 4 is 17.4 Å². The van der Waals surface area contributed by atoms with Crippen LogP contribution >= 0.6 is 11.8 Å². The van der Waals surface area contributed by atoms with E-state index in [4.69, 9.17) is 0 Å². The summed E-state index contributed by atoms with van der Waals surface area (Å²) in [5.41, 5.74) is 1.72. The number of aliphatic hydroxyl groups excluding tert-OH is 1. The molecule has 1 aromatic carbocycles. The van der Waals surface area contributed by atoms with Crippen LogP contribution < -0.4 is 4.90 Å². The lowest BCUT2D eigenvalue weighted by Gasteiger charge is -2.32. The highest BCUT2D eigenvalue weighted by Gasteiger charge is 2.21. The molecular weight excluding hydrogens is 244 g/mol. The predicted octanol–water partition coefficient (Wildman–Crippen LogP) is 2.63. The third kappa shape index (κ3) is 2.80. The predicted molar refractivity (Wildman–Crippen MR) is 75.0 cm³/mol. The van der Waals surface area contributed by atoms with Gasteiger partial charge in [0.25, 0.3) is 0 Å². The molecule has 0 amide bonds. The number of thioether (sulfide) groups is 1. The van der Waals surface area contributed by atoms with Crippen LogP contribution in [0.4, 0.5) is 5.69 Å². The van der Waals surface area contributed by atoms with Gasteiger partial charge in [0, 0.05) is 18.0 Å². The molecule has 1 atom stereocenters. The second-order valence-electron chi connectivity index (χ2n) is 4.44. The average molecular weight is 262 g/mol. The summed E-state index contributed by atoms with van der Waals surface area (Å²) in [5.74, 6) is 0.959. The number of nitrogens with zero attached hydrogens (tertiary/aromatic N) is 2. The van der Waals surface area contributed by atoms with Crippen molar-refractivity contribution in [3.8, 4) is 6.07 Å². The first-order chi connectivity index (χ1) is 8.76. The Morgan fingerprint density at radius 1 is 1.56 bits per heavy atom. The summed E-state index contributed by atoms with van der Waals surface area (Å²) in [7, 11) is 0. The van der Waals surface area contributed by atoms with Gasteiger partial charge in [-0.25, -0.2) is 0 Å². The van der Waals surface area contributed by atoms with Crippen molar-refractivity contribution in [1.29, 1.82) is 5.26 Å². The van der Waals surface area contributed by atoms with Gasteiger partial charge in [0.05, 0.1) is 17.4 Å². The van der Waals surface area contributed by atoms with Crippen molar-refractivity contribution in [3.05, 3.63) is 23.8 Å². The van der Waals surface area contributed by atoms with E-state index in [1.165, 1.54) is 0 Å². The fourth-order valence-electron chi connectivity index (χ4n) is 2.34. The van der Waals surface area contributed by atoms with E-state index in [-0.39, 0.29) is 6.10 Å². The zero-order chi connectivity index (χ0) is 13.0. The first-order valence-electron chi connectivity index (χ1n) is 6.35. The topological polar surface area (TPSA) is 47.3 Å². The van der Waals surface area contributed by atoms with Crippen molar-refractivity contribution in [3.63, 3.8) is 0 Å². The van der Waals surface area contributed by atoms with Gasteiger partial charge >= 0.3 is 0 Å². The van der Waals surface area contributed by atoms with Gasteiger partial charge in [-0.1, -0.05) is 13.0 Å². The maximum atomic E-state index is 9.75. The molecule has 0 saturated carbocycles. The Morgan fingerprint density at radius 3 is 3.06 bits per heavy atom. The van der Waals surface area contributed by atoms with E-state index >= 15 is 0 Å². The minimum absolute atomic E-state index is 0.271. The Labute approximate surface area is 112 Å². The van der Waals surface area contributed by atoms with Crippen LogP contribution in [0, 0.1) is 11.3 Å². The second-order valence-corrected chi connectivity index (χ2v) is 5.74. The quantitative estimate of drug-likeness (QED) is 0.851. The summed E-state index contributed by atoms with van der Waals surface area (Å²) in [5, 5.41) is 19.1. The van der Waals surface area contributed by atoms with Crippen LogP contribution in [0.25, 0.3) is 0 Å². The number of anilines is 1. The summed E-state index contributed by atoms with van der Waals surface area (Å²) in [4.78, 5) is 3.17. The molecule has 0 aliphatic carbocycles. The molecule has 0 spiro atoms. The molecule has 0 aromatic heterocycles. The molecule has 1 saturated heterocycles. The Kier molecular flexibility index (Phi) is 4.51. The van der Waals surface area contributed by atoms with Crippen LogP contribution in [0.5, 0.6) is 0 Å². The Bertz CT molecular complexity index is 456. The fourth-order valence-corrected chi connectivity index (χ4v) is 3.13. The van der Waals surface area contributed by atoms with Crippen molar-refractivity contribution in [2.45, 2.75) is 30.8 Å². The molecule has 0 bridgehead atoms. The summed E-state index contributed by atoms with van der Waals surface area (Å²) < 4.78 is 0. The van der Waals surface area contributed by atoms with E-state index in [0.717, 1.165) is 41.3 Å². The third-order valence-electron chi connectivity index (χ3n) is 3.15. The molecule has 1 unspecified atom stereocenters. The van der Waals surface area contributed by atoms with Crippen LogP contribution in [-0.2, 0) is 0 Å². The van der Waals surface area contributed by atoms with Crippen LogP contribution in [0.1, 0.15) is 25.3 Å². The highest BCUT2D eigenvalue weighted by atomic mass is 32.2. The maximum absolute atomic E-state index is 9.75. The Morgan fingerprint density at radius 2 is 2.39 bits per heavy atom. The van der Waals surface area contributed by atoms with E-state index in [9.17, 15) is 10.4 Å². The van der Waals surface area contributed by atoms with Crippen molar-refractivity contribution in [1.82, 2.24) is 0 Å². The molecule has 1 aromatic rings. The monoisotopic (exact) mass is 262 g/mol. The zero-order valence-corrected chi connectivity index (χ0v) is 11.4. The maximum Gasteiger partial charge on any atom is 0.103 e. The number of nitriles is 1. The minimum Gasteiger partial charge on any atom is -0.391 e. The third-order valence-corrected chi connectivity index (χ3v) is 4.09.